The van der Waals surface area contributed by atoms with Crippen LogP contribution in [-0.2, 0) is 13.0 Å². The fourth-order valence-electron chi connectivity index (χ4n) is 6.41. The molecule has 0 N–H and O–H groups in total. The zero-order chi connectivity index (χ0) is 15.8. The van der Waals surface area contributed by atoms with Crippen LogP contribution in [0.5, 0.6) is 0 Å². The predicted octanol–water partition coefficient (Wildman–Crippen LogP) is 3.26. The highest BCUT2D eigenvalue weighted by Crippen LogP contribution is 2.59. The van der Waals surface area contributed by atoms with Crippen LogP contribution >= 0.6 is 0 Å². The summed E-state index contributed by atoms with van der Waals surface area (Å²) in [5.74, 6) is 5.41. The van der Waals surface area contributed by atoms with Gasteiger partial charge >= 0.3 is 0 Å². The van der Waals surface area contributed by atoms with Crippen molar-refractivity contribution in [2.45, 2.75) is 63.8 Å². The van der Waals surface area contributed by atoms with Gasteiger partial charge in [-0.05, 0) is 68.6 Å². The zero-order valence-corrected chi connectivity index (χ0v) is 13.9. The smallest absolute Gasteiger partial charge is 0.283 e. The van der Waals surface area contributed by atoms with Gasteiger partial charge in [-0.2, -0.15) is 4.98 Å². The summed E-state index contributed by atoms with van der Waals surface area (Å²) in [6.07, 6.45) is 9.81. The summed E-state index contributed by atoms with van der Waals surface area (Å²) in [6.45, 7) is 0.775. The molecule has 4 bridgehead atoms. The molecule has 0 saturated heterocycles. The Labute approximate surface area is 140 Å². The third-order valence-corrected chi connectivity index (χ3v) is 7.16. The first-order valence-corrected chi connectivity index (χ1v) is 9.66. The maximum atomic E-state index is 12.8. The molecular formula is C19H23N3O2. The Morgan fingerprint density at radius 3 is 2.46 bits per heavy atom. The van der Waals surface area contributed by atoms with Crippen molar-refractivity contribution in [2.24, 2.45) is 23.7 Å². The number of rotatable bonds is 1. The van der Waals surface area contributed by atoms with Gasteiger partial charge in [-0.25, -0.2) is 4.98 Å². The van der Waals surface area contributed by atoms with Crippen molar-refractivity contribution in [2.75, 3.05) is 0 Å². The zero-order valence-electron chi connectivity index (χ0n) is 13.9. The fourth-order valence-corrected chi connectivity index (χ4v) is 6.41. The molecule has 0 amide bonds. The van der Waals surface area contributed by atoms with Gasteiger partial charge in [0.1, 0.15) is 5.82 Å². The second-order valence-corrected chi connectivity index (χ2v) is 8.60. The molecule has 0 spiro atoms. The van der Waals surface area contributed by atoms with Gasteiger partial charge in [-0.3, -0.25) is 9.36 Å². The molecule has 5 heteroatoms. The minimum Gasteiger partial charge on any atom is -0.422 e. The number of hydrogen-bond acceptors (Lipinski definition) is 4. The van der Waals surface area contributed by atoms with Crippen LogP contribution in [0.1, 0.15) is 62.6 Å². The molecule has 126 valence electrons. The molecule has 4 fully saturated rings. The van der Waals surface area contributed by atoms with Crippen LogP contribution in [0.15, 0.2) is 9.21 Å². The monoisotopic (exact) mass is 325 g/mol. The molecule has 4 saturated carbocycles. The standard InChI is InChI=1S/C19H23N3O2/c23-19-16-18(20-14-3-1-2-4-22(14)19)24-17(21-16)15-12-6-10-5-11(8-12)9-13(15)7-10/h10-13,15H,1-9H2. The Kier molecular flexibility index (Phi) is 2.67. The second kappa shape index (κ2) is 4.70. The molecule has 5 aliphatic rings. The molecule has 0 atom stereocenters. The first-order valence-electron chi connectivity index (χ1n) is 9.66. The summed E-state index contributed by atoms with van der Waals surface area (Å²) in [4.78, 5) is 22.1. The molecule has 24 heavy (non-hydrogen) atoms. The van der Waals surface area contributed by atoms with E-state index in [2.05, 4.69) is 4.98 Å². The Hall–Kier alpha value is -1.65. The molecule has 2 aromatic rings. The summed E-state index contributed by atoms with van der Waals surface area (Å²) in [6, 6.07) is 0. The third-order valence-electron chi connectivity index (χ3n) is 7.16. The van der Waals surface area contributed by atoms with Crippen LogP contribution in [-0.4, -0.2) is 14.5 Å². The summed E-state index contributed by atoms with van der Waals surface area (Å²) in [5, 5.41) is 0. The minimum atomic E-state index is 0.00789. The lowest BCUT2D eigenvalue weighted by Crippen LogP contribution is -2.43. The number of aromatic nitrogens is 3. The van der Waals surface area contributed by atoms with Crippen LogP contribution < -0.4 is 5.56 Å². The molecule has 3 heterocycles. The second-order valence-electron chi connectivity index (χ2n) is 8.60. The van der Waals surface area contributed by atoms with E-state index in [4.69, 9.17) is 9.40 Å². The Morgan fingerprint density at radius 1 is 0.958 bits per heavy atom. The van der Waals surface area contributed by atoms with Crippen LogP contribution in [0, 0.1) is 23.7 Å². The summed E-state index contributed by atoms with van der Waals surface area (Å²) >= 11 is 0. The van der Waals surface area contributed by atoms with E-state index in [0.29, 0.717) is 29.0 Å². The fraction of sp³-hybridized carbons (Fsp3) is 0.737. The highest BCUT2D eigenvalue weighted by Gasteiger charge is 2.50. The Bertz CT molecular complexity index is 853. The normalized spacial score (nSPS) is 37.1. The topological polar surface area (TPSA) is 60.9 Å². The molecule has 1 aliphatic heterocycles. The summed E-state index contributed by atoms with van der Waals surface area (Å²) < 4.78 is 7.92. The first kappa shape index (κ1) is 13.6. The highest BCUT2D eigenvalue weighted by molar-refractivity contribution is 5.66. The van der Waals surface area contributed by atoms with Crippen molar-refractivity contribution >= 4 is 11.2 Å². The van der Waals surface area contributed by atoms with Crippen molar-refractivity contribution in [3.05, 3.63) is 22.1 Å². The van der Waals surface area contributed by atoms with Crippen molar-refractivity contribution < 1.29 is 4.42 Å². The number of hydrogen-bond donors (Lipinski definition) is 0. The van der Waals surface area contributed by atoms with E-state index in [9.17, 15) is 4.79 Å². The lowest BCUT2D eigenvalue weighted by atomic mass is 9.52. The van der Waals surface area contributed by atoms with Gasteiger partial charge in [0.2, 0.25) is 5.89 Å². The van der Waals surface area contributed by atoms with Crippen LogP contribution in [0.3, 0.4) is 0 Å². The van der Waals surface area contributed by atoms with Gasteiger partial charge in [-0.1, -0.05) is 0 Å². The van der Waals surface area contributed by atoms with Crippen molar-refractivity contribution in [1.82, 2.24) is 14.5 Å². The molecule has 4 aliphatic carbocycles. The van der Waals surface area contributed by atoms with E-state index in [-0.39, 0.29) is 5.56 Å². The molecule has 0 unspecified atom stereocenters. The van der Waals surface area contributed by atoms with E-state index < -0.39 is 0 Å². The summed E-state index contributed by atoms with van der Waals surface area (Å²) in [7, 11) is 0. The average molecular weight is 325 g/mol. The van der Waals surface area contributed by atoms with Gasteiger partial charge in [-0.15, -0.1) is 0 Å². The van der Waals surface area contributed by atoms with E-state index in [1.54, 1.807) is 0 Å². The average Bonchev–Trinajstić information content (AvgIpc) is 2.98. The van der Waals surface area contributed by atoms with E-state index in [0.717, 1.165) is 49.4 Å². The molecule has 0 radical (unpaired) electrons. The number of fused-ring (bicyclic) bond motifs is 2. The van der Waals surface area contributed by atoms with E-state index in [1.807, 2.05) is 4.57 Å². The van der Waals surface area contributed by atoms with E-state index in [1.165, 1.54) is 32.1 Å². The first-order chi connectivity index (χ1) is 11.8. The van der Waals surface area contributed by atoms with Gasteiger partial charge in [0, 0.05) is 18.9 Å². The number of aryl methyl sites for hydroxylation is 1. The molecular weight excluding hydrogens is 302 g/mol. The van der Waals surface area contributed by atoms with Crippen molar-refractivity contribution in [3.63, 3.8) is 0 Å². The number of oxazole rings is 1. The summed E-state index contributed by atoms with van der Waals surface area (Å²) in [5.41, 5.74) is 0.954. The van der Waals surface area contributed by atoms with Crippen LogP contribution in [0.2, 0.25) is 0 Å². The SMILES string of the molecule is O=c1c2nc(C3C4CC5CC(C4)CC3C5)oc2nc2n1CCCC2. The number of nitrogens with zero attached hydrogens (tertiary/aromatic N) is 3. The Morgan fingerprint density at radius 2 is 1.71 bits per heavy atom. The Balaban J connectivity index is 1.47. The quantitative estimate of drug-likeness (QED) is 0.807. The van der Waals surface area contributed by atoms with Gasteiger partial charge < -0.3 is 4.42 Å². The maximum Gasteiger partial charge on any atom is 0.283 e. The van der Waals surface area contributed by atoms with E-state index >= 15 is 0 Å². The van der Waals surface area contributed by atoms with Gasteiger partial charge in [0.15, 0.2) is 5.52 Å². The highest BCUT2D eigenvalue weighted by atomic mass is 16.4. The molecule has 7 rings (SSSR count). The molecule has 0 aromatic carbocycles. The van der Waals surface area contributed by atoms with Gasteiger partial charge in [0.25, 0.3) is 11.3 Å². The van der Waals surface area contributed by atoms with Crippen LogP contribution in [0.4, 0.5) is 0 Å². The van der Waals surface area contributed by atoms with Crippen molar-refractivity contribution in [1.29, 1.82) is 0 Å². The molecule has 5 nitrogen and oxygen atoms in total. The third kappa shape index (κ3) is 1.78. The predicted molar refractivity (Wildman–Crippen MR) is 88.8 cm³/mol. The van der Waals surface area contributed by atoms with Crippen LogP contribution in [0.25, 0.3) is 11.2 Å². The van der Waals surface area contributed by atoms with Gasteiger partial charge in [0.05, 0.1) is 0 Å². The van der Waals surface area contributed by atoms with Crippen molar-refractivity contribution in [3.8, 4) is 0 Å². The molecule has 2 aromatic heterocycles. The largest absolute Gasteiger partial charge is 0.422 e. The lowest BCUT2D eigenvalue weighted by molar-refractivity contribution is -0.0110. The lowest BCUT2D eigenvalue weighted by Gasteiger charge is -2.53. The minimum absolute atomic E-state index is 0.00789. The maximum absolute atomic E-state index is 12.8.